The second kappa shape index (κ2) is 7.14. The number of esters is 1. The van der Waals surface area contributed by atoms with Crippen molar-refractivity contribution in [2.45, 2.75) is 12.8 Å². The zero-order chi connectivity index (χ0) is 12.6. The van der Waals surface area contributed by atoms with Gasteiger partial charge in [0.25, 0.3) is 0 Å². The van der Waals surface area contributed by atoms with Crippen molar-refractivity contribution in [3.05, 3.63) is 0 Å². The Morgan fingerprint density at radius 1 is 1.38 bits per heavy atom. The predicted molar refractivity (Wildman–Crippen MR) is 53.3 cm³/mol. The van der Waals surface area contributed by atoms with Crippen LogP contribution in [0.1, 0.15) is 12.8 Å². The summed E-state index contributed by atoms with van der Waals surface area (Å²) in [4.78, 5) is 26.9. The topological polar surface area (TPSA) is 125 Å². The van der Waals surface area contributed by atoms with E-state index >= 15 is 0 Å². The Morgan fingerprint density at radius 2 is 2.00 bits per heavy atom. The van der Waals surface area contributed by atoms with Gasteiger partial charge in [-0.15, -0.1) is 0 Å². The number of ether oxygens (including phenoxy) is 1. The molecular weight excluding hydrogens is 240 g/mol. The summed E-state index contributed by atoms with van der Waals surface area (Å²) >= 11 is 0. The average molecular weight is 254 g/mol. The van der Waals surface area contributed by atoms with Gasteiger partial charge in [0.1, 0.15) is 6.61 Å². The zero-order valence-electron chi connectivity index (χ0n) is 8.76. The van der Waals surface area contributed by atoms with Crippen LogP contribution >= 0.6 is 0 Å². The van der Waals surface area contributed by atoms with Gasteiger partial charge in [-0.05, 0) is 6.42 Å². The van der Waals surface area contributed by atoms with Crippen LogP contribution in [0.25, 0.3) is 0 Å². The second-order valence-electron chi connectivity index (χ2n) is 2.84. The molecule has 9 heteroatoms. The van der Waals surface area contributed by atoms with Gasteiger partial charge >= 0.3 is 5.97 Å². The summed E-state index contributed by atoms with van der Waals surface area (Å²) < 4.78 is 26.6. The Labute approximate surface area is 93.1 Å². The Hall–Kier alpha value is -1.19. The third-order valence-corrected chi connectivity index (χ3v) is 2.62. The third-order valence-electron chi connectivity index (χ3n) is 1.42. The number of carbonyl (C=O) groups is 2. The van der Waals surface area contributed by atoms with E-state index in [0.29, 0.717) is 0 Å². The van der Waals surface area contributed by atoms with Gasteiger partial charge in [0.15, 0.2) is 0 Å². The van der Waals surface area contributed by atoms with E-state index in [2.05, 4.69) is 9.57 Å². The van der Waals surface area contributed by atoms with Gasteiger partial charge in [-0.1, -0.05) is 4.89 Å². The normalized spacial score (nSPS) is 11.1. The standard InChI is InChI=1S/C7H14N2O6S/c1-14-7(11)3-2-4-16(12,13)9-15-5-6(8)10/h9H,2-5H2,1H3,(H2,8,10). The molecule has 0 aromatic rings. The Bertz CT molecular complexity index is 339. The molecule has 8 nitrogen and oxygen atoms in total. The molecule has 3 N–H and O–H groups in total. The van der Waals surface area contributed by atoms with Crippen LogP contribution in [0.15, 0.2) is 0 Å². The first-order chi connectivity index (χ1) is 7.37. The molecule has 1 amide bonds. The molecule has 0 saturated heterocycles. The lowest BCUT2D eigenvalue weighted by Crippen LogP contribution is -2.31. The van der Waals surface area contributed by atoms with Crippen molar-refractivity contribution in [2.75, 3.05) is 19.5 Å². The largest absolute Gasteiger partial charge is 0.469 e. The molecule has 0 unspecified atom stereocenters. The summed E-state index contributed by atoms with van der Waals surface area (Å²) in [7, 11) is -2.46. The number of hydrogen-bond acceptors (Lipinski definition) is 6. The Balaban J connectivity index is 3.79. The van der Waals surface area contributed by atoms with E-state index in [-0.39, 0.29) is 18.6 Å². The van der Waals surface area contributed by atoms with E-state index in [1.165, 1.54) is 7.11 Å². The SMILES string of the molecule is COC(=O)CCCS(=O)(=O)NOCC(N)=O. The number of carbonyl (C=O) groups excluding carboxylic acids is 2. The van der Waals surface area contributed by atoms with Gasteiger partial charge in [-0.25, -0.2) is 8.42 Å². The fraction of sp³-hybridized carbons (Fsp3) is 0.714. The van der Waals surface area contributed by atoms with Gasteiger partial charge in [0, 0.05) is 6.42 Å². The molecule has 0 aromatic carbocycles. The molecule has 0 spiro atoms. The molecule has 0 rings (SSSR count). The van der Waals surface area contributed by atoms with Crippen molar-refractivity contribution in [2.24, 2.45) is 5.73 Å². The first-order valence-corrected chi connectivity index (χ1v) is 5.99. The summed E-state index contributed by atoms with van der Waals surface area (Å²) in [6, 6.07) is 0. The molecule has 0 saturated carbocycles. The highest BCUT2D eigenvalue weighted by Gasteiger charge is 2.12. The molecule has 0 bridgehead atoms. The van der Waals surface area contributed by atoms with Crippen LogP contribution in [0, 0.1) is 0 Å². The Morgan fingerprint density at radius 3 is 2.50 bits per heavy atom. The van der Waals surface area contributed by atoms with Crippen molar-refractivity contribution in [3.8, 4) is 0 Å². The summed E-state index contributed by atoms with van der Waals surface area (Å²) in [5.74, 6) is -1.59. The molecular formula is C7H14N2O6S. The van der Waals surface area contributed by atoms with Crippen LogP contribution in [-0.4, -0.2) is 39.8 Å². The minimum Gasteiger partial charge on any atom is -0.469 e. The van der Waals surface area contributed by atoms with Gasteiger partial charge in [-0.3, -0.25) is 14.4 Å². The second-order valence-corrected chi connectivity index (χ2v) is 4.64. The maximum absolute atomic E-state index is 11.1. The quantitative estimate of drug-likeness (QED) is 0.392. The van der Waals surface area contributed by atoms with Crippen LogP contribution in [0.4, 0.5) is 0 Å². The van der Waals surface area contributed by atoms with E-state index < -0.39 is 28.5 Å². The van der Waals surface area contributed by atoms with Crippen LogP contribution < -0.4 is 10.6 Å². The molecule has 0 aromatic heterocycles. The van der Waals surface area contributed by atoms with Crippen LogP contribution in [0.2, 0.25) is 0 Å². The van der Waals surface area contributed by atoms with E-state index in [9.17, 15) is 18.0 Å². The molecule has 0 radical (unpaired) electrons. The van der Waals surface area contributed by atoms with Gasteiger partial charge in [0.05, 0.1) is 12.9 Å². The molecule has 0 aliphatic carbocycles. The molecule has 0 heterocycles. The van der Waals surface area contributed by atoms with Crippen LogP contribution in [0.3, 0.4) is 0 Å². The van der Waals surface area contributed by atoms with Crippen molar-refractivity contribution < 1.29 is 27.6 Å². The summed E-state index contributed by atoms with van der Waals surface area (Å²) in [6.07, 6.45) is 0.0924. The van der Waals surface area contributed by atoms with E-state index in [0.717, 1.165) is 0 Å². The number of hydrogen-bond donors (Lipinski definition) is 2. The highest BCUT2D eigenvalue weighted by atomic mass is 32.2. The van der Waals surface area contributed by atoms with Crippen molar-refractivity contribution in [1.29, 1.82) is 0 Å². The van der Waals surface area contributed by atoms with Gasteiger partial charge in [-0.2, -0.15) is 0 Å². The van der Waals surface area contributed by atoms with Crippen molar-refractivity contribution in [1.82, 2.24) is 4.89 Å². The van der Waals surface area contributed by atoms with Crippen molar-refractivity contribution >= 4 is 21.9 Å². The number of rotatable bonds is 8. The summed E-state index contributed by atoms with van der Waals surface area (Å²) in [5.41, 5.74) is 4.72. The number of nitrogens with one attached hydrogen (secondary N) is 1. The van der Waals surface area contributed by atoms with E-state index in [4.69, 9.17) is 5.73 Å². The molecule has 0 fully saturated rings. The van der Waals surface area contributed by atoms with Crippen molar-refractivity contribution in [3.63, 3.8) is 0 Å². The molecule has 0 atom stereocenters. The lowest BCUT2D eigenvalue weighted by molar-refractivity contribution is -0.140. The van der Waals surface area contributed by atoms with Crippen LogP contribution in [0.5, 0.6) is 0 Å². The first-order valence-electron chi connectivity index (χ1n) is 4.34. The molecule has 94 valence electrons. The highest BCUT2D eigenvalue weighted by molar-refractivity contribution is 7.89. The number of nitrogens with two attached hydrogens (primary N) is 1. The Kier molecular flexibility index (Phi) is 6.61. The minimum absolute atomic E-state index is 0.00672. The number of sulfonamides is 1. The molecule has 0 aliphatic rings. The first kappa shape index (κ1) is 14.8. The smallest absolute Gasteiger partial charge is 0.305 e. The van der Waals surface area contributed by atoms with E-state index in [1.807, 2.05) is 0 Å². The minimum atomic E-state index is -3.67. The van der Waals surface area contributed by atoms with Gasteiger partial charge in [0.2, 0.25) is 15.9 Å². The van der Waals surface area contributed by atoms with Gasteiger partial charge < -0.3 is 10.5 Å². The third kappa shape index (κ3) is 8.15. The fourth-order valence-corrected chi connectivity index (χ4v) is 1.59. The number of amides is 1. The lowest BCUT2D eigenvalue weighted by Gasteiger charge is -2.05. The predicted octanol–water partition coefficient (Wildman–Crippen LogP) is -1.72. The number of primary amides is 1. The van der Waals surface area contributed by atoms with Crippen LogP contribution in [-0.2, 0) is 29.2 Å². The highest BCUT2D eigenvalue weighted by Crippen LogP contribution is 1.96. The zero-order valence-corrected chi connectivity index (χ0v) is 9.58. The average Bonchev–Trinajstić information content (AvgIpc) is 2.16. The molecule has 16 heavy (non-hydrogen) atoms. The molecule has 0 aliphatic heterocycles. The maximum Gasteiger partial charge on any atom is 0.305 e. The summed E-state index contributed by atoms with van der Waals surface area (Å²) in [6.45, 7) is -0.545. The lowest BCUT2D eigenvalue weighted by atomic mass is 10.3. The van der Waals surface area contributed by atoms with E-state index in [1.54, 1.807) is 4.89 Å². The summed E-state index contributed by atoms with van der Waals surface area (Å²) in [5, 5.41) is 0. The maximum atomic E-state index is 11.1. The number of methoxy groups -OCH3 is 1. The fourth-order valence-electron chi connectivity index (χ4n) is 0.741. The monoisotopic (exact) mass is 254 g/mol.